The first-order valence-corrected chi connectivity index (χ1v) is 6.18. The van der Waals surface area contributed by atoms with Crippen molar-refractivity contribution in [3.05, 3.63) is 18.0 Å². The molecule has 3 heterocycles. The first-order chi connectivity index (χ1) is 8.93. The van der Waals surface area contributed by atoms with Crippen LogP contribution in [0.15, 0.2) is 12.3 Å². The van der Waals surface area contributed by atoms with Crippen LogP contribution in [0.25, 0.3) is 0 Å². The van der Waals surface area contributed by atoms with Gasteiger partial charge in [-0.2, -0.15) is 13.2 Å². The number of anilines is 2. The topological polar surface area (TPSA) is 60.2 Å². The molecule has 2 saturated heterocycles. The van der Waals surface area contributed by atoms with E-state index in [2.05, 4.69) is 10.3 Å². The minimum absolute atomic E-state index is 0.0320. The molecule has 3 N–H and O–H groups in total. The van der Waals surface area contributed by atoms with Gasteiger partial charge in [-0.3, -0.25) is 0 Å². The summed E-state index contributed by atoms with van der Waals surface area (Å²) >= 11 is 0. The van der Waals surface area contributed by atoms with E-state index in [0.717, 1.165) is 31.5 Å². The third-order valence-electron chi connectivity index (χ3n) is 3.67. The van der Waals surface area contributed by atoms with Crippen LogP contribution in [0.2, 0.25) is 0 Å². The van der Waals surface area contributed by atoms with E-state index >= 15 is 0 Å². The number of hydrogen-bond acceptors (Lipinski definition) is 4. The lowest BCUT2D eigenvalue weighted by atomic mass is 9.95. The van der Waals surface area contributed by atoms with Gasteiger partial charge in [0, 0.05) is 0 Å². The van der Waals surface area contributed by atoms with Crippen molar-refractivity contribution in [3.8, 4) is 0 Å². The lowest BCUT2D eigenvalue weighted by Gasteiger charge is -2.22. The molecule has 3 atom stereocenters. The highest BCUT2D eigenvalue weighted by Crippen LogP contribution is 2.37. The zero-order valence-electron chi connectivity index (χ0n) is 10.1. The van der Waals surface area contributed by atoms with Gasteiger partial charge in [-0.1, -0.05) is 0 Å². The molecule has 0 saturated carbocycles. The largest absolute Gasteiger partial charge is 0.433 e. The van der Waals surface area contributed by atoms with Crippen molar-refractivity contribution in [2.24, 2.45) is 0 Å². The summed E-state index contributed by atoms with van der Waals surface area (Å²) in [6.07, 6.45) is -0.330. The second-order valence-corrected chi connectivity index (χ2v) is 5.01. The lowest BCUT2D eigenvalue weighted by molar-refractivity contribution is -0.141. The maximum absolute atomic E-state index is 12.6. The Morgan fingerprint density at radius 3 is 2.74 bits per heavy atom. The van der Waals surface area contributed by atoms with Crippen LogP contribution in [0.4, 0.5) is 24.5 Å². The molecule has 0 aromatic carbocycles. The van der Waals surface area contributed by atoms with Gasteiger partial charge in [-0.25, -0.2) is 4.98 Å². The van der Waals surface area contributed by atoms with E-state index in [1.54, 1.807) is 0 Å². The Balaban J connectivity index is 1.80. The zero-order valence-corrected chi connectivity index (χ0v) is 10.1. The Kier molecular flexibility index (Phi) is 2.81. The van der Waals surface area contributed by atoms with Crippen LogP contribution in [-0.2, 0) is 10.9 Å². The molecule has 2 aliphatic heterocycles. The SMILES string of the molecule is Nc1cnc(C(F)(F)F)cc1NC1CC2CCC1O2. The monoisotopic (exact) mass is 273 g/mol. The van der Waals surface area contributed by atoms with Gasteiger partial charge in [-0.15, -0.1) is 0 Å². The van der Waals surface area contributed by atoms with Crippen molar-refractivity contribution in [3.63, 3.8) is 0 Å². The van der Waals surface area contributed by atoms with E-state index in [4.69, 9.17) is 10.5 Å². The number of nitrogen functional groups attached to an aromatic ring is 1. The van der Waals surface area contributed by atoms with Crippen molar-refractivity contribution in [2.45, 2.75) is 43.7 Å². The van der Waals surface area contributed by atoms with Gasteiger partial charge in [0.05, 0.1) is 35.8 Å². The lowest BCUT2D eigenvalue weighted by Crippen LogP contribution is -2.31. The smallest absolute Gasteiger partial charge is 0.396 e. The number of rotatable bonds is 2. The third-order valence-corrected chi connectivity index (χ3v) is 3.67. The number of ether oxygens (including phenoxy) is 1. The Morgan fingerprint density at radius 1 is 1.37 bits per heavy atom. The number of nitrogens with two attached hydrogens (primary N) is 1. The molecule has 0 amide bonds. The Labute approximate surface area is 108 Å². The molecule has 0 radical (unpaired) electrons. The standard InChI is InChI=1S/C12H14F3N3O/c13-12(14,15)11-4-8(7(16)5-17-11)18-9-3-6-1-2-10(9)19-6/h4-6,9-10H,1-3,16H2,(H,17,18). The average Bonchev–Trinajstić information content (AvgIpc) is 2.92. The van der Waals surface area contributed by atoms with E-state index in [9.17, 15) is 13.2 Å². The number of hydrogen-bond donors (Lipinski definition) is 2. The van der Waals surface area contributed by atoms with Crippen molar-refractivity contribution in [1.82, 2.24) is 4.98 Å². The summed E-state index contributed by atoms with van der Waals surface area (Å²) < 4.78 is 43.5. The van der Waals surface area contributed by atoms with Gasteiger partial charge < -0.3 is 15.8 Å². The minimum Gasteiger partial charge on any atom is -0.396 e. The number of fused-ring (bicyclic) bond motifs is 2. The number of nitrogens with zero attached hydrogens (tertiary/aromatic N) is 1. The summed E-state index contributed by atoms with van der Waals surface area (Å²) in [5.41, 5.74) is 5.24. The van der Waals surface area contributed by atoms with Gasteiger partial charge in [0.15, 0.2) is 0 Å². The molecule has 104 valence electrons. The normalized spacial score (nSPS) is 29.7. The van der Waals surface area contributed by atoms with E-state index in [1.807, 2.05) is 0 Å². The second kappa shape index (κ2) is 4.26. The predicted molar refractivity (Wildman–Crippen MR) is 63.6 cm³/mol. The summed E-state index contributed by atoms with van der Waals surface area (Å²) in [6.45, 7) is 0. The van der Waals surface area contributed by atoms with Crippen LogP contribution in [0.1, 0.15) is 25.0 Å². The minimum atomic E-state index is -4.46. The summed E-state index contributed by atoms with van der Waals surface area (Å²) in [6, 6.07) is 0.992. The second-order valence-electron chi connectivity index (χ2n) is 5.01. The third kappa shape index (κ3) is 2.34. The molecule has 0 spiro atoms. The summed E-state index contributed by atoms with van der Waals surface area (Å²) in [5, 5.41) is 3.06. The van der Waals surface area contributed by atoms with Crippen molar-refractivity contribution < 1.29 is 17.9 Å². The quantitative estimate of drug-likeness (QED) is 0.868. The summed E-state index contributed by atoms with van der Waals surface area (Å²) in [5.74, 6) is 0. The van der Waals surface area contributed by atoms with Crippen LogP contribution in [0, 0.1) is 0 Å². The number of halogens is 3. The highest BCUT2D eigenvalue weighted by atomic mass is 19.4. The number of aromatic nitrogens is 1. The first kappa shape index (κ1) is 12.5. The predicted octanol–water partition coefficient (Wildman–Crippen LogP) is 2.41. The number of nitrogens with one attached hydrogen (secondary N) is 1. The summed E-state index contributed by atoms with van der Waals surface area (Å²) in [4.78, 5) is 3.31. The average molecular weight is 273 g/mol. The van der Waals surface area contributed by atoms with Crippen LogP contribution in [-0.4, -0.2) is 23.2 Å². The van der Waals surface area contributed by atoms with E-state index in [-0.39, 0.29) is 29.6 Å². The van der Waals surface area contributed by atoms with Crippen molar-refractivity contribution in [1.29, 1.82) is 0 Å². The molecule has 7 heteroatoms. The molecule has 2 aliphatic rings. The van der Waals surface area contributed by atoms with Gasteiger partial charge in [0.1, 0.15) is 5.69 Å². The maximum atomic E-state index is 12.6. The van der Waals surface area contributed by atoms with Gasteiger partial charge in [0.25, 0.3) is 0 Å². The Hall–Kier alpha value is -1.50. The maximum Gasteiger partial charge on any atom is 0.433 e. The molecule has 1 aromatic rings. The molecular formula is C12H14F3N3O. The molecule has 0 aliphatic carbocycles. The molecule has 2 bridgehead atoms. The van der Waals surface area contributed by atoms with E-state index in [0.29, 0.717) is 0 Å². The van der Waals surface area contributed by atoms with Crippen molar-refractivity contribution >= 4 is 11.4 Å². The fraction of sp³-hybridized carbons (Fsp3) is 0.583. The number of alkyl halides is 3. The highest BCUT2D eigenvalue weighted by Gasteiger charge is 2.41. The zero-order chi connectivity index (χ0) is 13.6. The molecule has 1 aromatic heterocycles. The number of pyridine rings is 1. The fourth-order valence-electron chi connectivity index (χ4n) is 2.74. The van der Waals surface area contributed by atoms with Crippen LogP contribution >= 0.6 is 0 Å². The Morgan fingerprint density at radius 2 is 2.16 bits per heavy atom. The molecule has 2 fully saturated rings. The van der Waals surface area contributed by atoms with Crippen LogP contribution < -0.4 is 11.1 Å². The highest BCUT2D eigenvalue weighted by molar-refractivity contribution is 5.66. The summed E-state index contributed by atoms with van der Waals surface area (Å²) in [7, 11) is 0. The molecular weight excluding hydrogens is 259 g/mol. The van der Waals surface area contributed by atoms with Crippen molar-refractivity contribution in [2.75, 3.05) is 11.1 Å². The fourth-order valence-corrected chi connectivity index (χ4v) is 2.74. The van der Waals surface area contributed by atoms with Gasteiger partial charge in [0.2, 0.25) is 0 Å². The van der Waals surface area contributed by atoms with Crippen LogP contribution in [0.3, 0.4) is 0 Å². The van der Waals surface area contributed by atoms with E-state index in [1.165, 1.54) is 0 Å². The van der Waals surface area contributed by atoms with Crippen LogP contribution in [0.5, 0.6) is 0 Å². The van der Waals surface area contributed by atoms with Gasteiger partial charge >= 0.3 is 6.18 Å². The first-order valence-electron chi connectivity index (χ1n) is 6.18. The molecule has 3 unspecified atom stereocenters. The molecule has 19 heavy (non-hydrogen) atoms. The van der Waals surface area contributed by atoms with Gasteiger partial charge in [-0.05, 0) is 25.3 Å². The molecule has 3 rings (SSSR count). The van der Waals surface area contributed by atoms with E-state index < -0.39 is 11.9 Å². The Bertz CT molecular complexity index is 492. The molecule has 4 nitrogen and oxygen atoms in total.